The number of benzene rings is 1. The molecule has 0 spiro atoms. The van der Waals surface area contributed by atoms with Gasteiger partial charge in [0.15, 0.2) is 0 Å². The van der Waals surface area contributed by atoms with E-state index in [4.69, 9.17) is 11.6 Å². The molecule has 0 aromatic heterocycles. The second-order valence-corrected chi connectivity index (χ2v) is 6.62. The highest BCUT2D eigenvalue weighted by molar-refractivity contribution is 14.1. The SMILES string of the molecule is O=C(NCC1CCCCC1Cl)c1ccc(F)cc1I. The highest BCUT2D eigenvalue weighted by Crippen LogP contribution is 2.28. The van der Waals surface area contributed by atoms with E-state index in [1.807, 2.05) is 22.6 Å². The average molecular weight is 396 g/mol. The van der Waals surface area contributed by atoms with E-state index in [0.717, 1.165) is 12.8 Å². The molecular formula is C14H16ClFINO. The van der Waals surface area contributed by atoms with Gasteiger partial charge < -0.3 is 5.32 Å². The highest BCUT2D eigenvalue weighted by atomic mass is 127. The normalized spacial score (nSPS) is 23.1. The monoisotopic (exact) mass is 395 g/mol. The molecule has 1 saturated carbocycles. The molecule has 19 heavy (non-hydrogen) atoms. The van der Waals surface area contributed by atoms with Crippen molar-refractivity contribution in [2.24, 2.45) is 5.92 Å². The molecule has 1 aliphatic rings. The molecule has 0 aliphatic heterocycles. The van der Waals surface area contributed by atoms with Gasteiger partial charge in [0, 0.05) is 15.5 Å². The first-order chi connectivity index (χ1) is 9.08. The van der Waals surface area contributed by atoms with Crippen LogP contribution in [0.25, 0.3) is 0 Å². The molecule has 0 saturated heterocycles. The predicted molar refractivity (Wildman–Crippen MR) is 83.0 cm³/mol. The van der Waals surface area contributed by atoms with E-state index in [-0.39, 0.29) is 17.1 Å². The van der Waals surface area contributed by atoms with E-state index in [9.17, 15) is 9.18 Å². The van der Waals surface area contributed by atoms with E-state index in [0.29, 0.717) is 21.6 Å². The maximum absolute atomic E-state index is 13.0. The first kappa shape index (κ1) is 15.0. The predicted octanol–water partition coefficient (Wildman–Crippen LogP) is 3.96. The molecule has 1 aromatic carbocycles. The number of hydrogen-bond donors (Lipinski definition) is 1. The molecule has 0 radical (unpaired) electrons. The number of rotatable bonds is 3. The molecule has 5 heteroatoms. The third kappa shape index (κ3) is 4.05. The van der Waals surface area contributed by atoms with Crippen LogP contribution < -0.4 is 5.32 Å². The Balaban J connectivity index is 1.93. The Bertz CT molecular complexity index is 469. The fourth-order valence-electron chi connectivity index (χ4n) is 2.38. The summed E-state index contributed by atoms with van der Waals surface area (Å²) in [5.41, 5.74) is 0.518. The zero-order valence-corrected chi connectivity index (χ0v) is 13.4. The molecule has 2 unspecified atom stereocenters. The van der Waals surface area contributed by atoms with Gasteiger partial charge >= 0.3 is 0 Å². The Morgan fingerprint density at radius 2 is 2.16 bits per heavy atom. The number of alkyl halides is 1. The van der Waals surface area contributed by atoms with Gasteiger partial charge in [-0.3, -0.25) is 4.79 Å². The van der Waals surface area contributed by atoms with Gasteiger partial charge in [-0.25, -0.2) is 4.39 Å². The molecule has 0 bridgehead atoms. The highest BCUT2D eigenvalue weighted by Gasteiger charge is 2.23. The quantitative estimate of drug-likeness (QED) is 0.609. The lowest BCUT2D eigenvalue weighted by Crippen LogP contribution is -2.35. The molecule has 1 aliphatic carbocycles. The van der Waals surface area contributed by atoms with Crippen molar-refractivity contribution in [3.8, 4) is 0 Å². The molecule has 104 valence electrons. The average Bonchev–Trinajstić information content (AvgIpc) is 2.37. The van der Waals surface area contributed by atoms with Crippen LogP contribution in [0.1, 0.15) is 36.0 Å². The maximum Gasteiger partial charge on any atom is 0.252 e. The van der Waals surface area contributed by atoms with E-state index in [1.54, 1.807) is 0 Å². The lowest BCUT2D eigenvalue weighted by Gasteiger charge is -2.27. The van der Waals surface area contributed by atoms with Crippen LogP contribution in [0.5, 0.6) is 0 Å². The lowest BCUT2D eigenvalue weighted by molar-refractivity contribution is 0.0943. The summed E-state index contributed by atoms with van der Waals surface area (Å²) in [6, 6.07) is 4.19. The first-order valence-corrected chi connectivity index (χ1v) is 7.97. The van der Waals surface area contributed by atoms with Gasteiger partial charge in [-0.05, 0) is 59.5 Å². The van der Waals surface area contributed by atoms with E-state index < -0.39 is 0 Å². The van der Waals surface area contributed by atoms with Crippen molar-refractivity contribution in [2.75, 3.05) is 6.54 Å². The van der Waals surface area contributed by atoms with Crippen molar-refractivity contribution < 1.29 is 9.18 Å². The number of halogens is 3. The number of hydrogen-bond acceptors (Lipinski definition) is 1. The Morgan fingerprint density at radius 1 is 1.42 bits per heavy atom. The third-order valence-electron chi connectivity index (χ3n) is 3.52. The lowest BCUT2D eigenvalue weighted by atomic mass is 9.88. The van der Waals surface area contributed by atoms with Gasteiger partial charge in [0.1, 0.15) is 5.82 Å². The topological polar surface area (TPSA) is 29.1 Å². The Kier molecular flexibility index (Phi) is 5.45. The van der Waals surface area contributed by atoms with Crippen LogP contribution in [0.3, 0.4) is 0 Å². The summed E-state index contributed by atoms with van der Waals surface area (Å²) >= 11 is 8.23. The van der Waals surface area contributed by atoms with E-state index in [1.165, 1.54) is 31.0 Å². The zero-order valence-electron chi connectivity index (χ0n) is 10.5. The van der Waals surface area contributed by atoms with Gasteiger partial charge in [0.25, 0.3) is 5.91 Å². The minimum atomic E-state index is -0.325. The largest absolute Gasteiger partial charge is 0.352 e. The molecule has 2 rings (SSSR count). The van der Waals surface area contributed by atoms with Crippen LogP contribution in [0.2, 0.25) is 0 Å². The second-order valence-electron chi connectivity index (χ2n) is 4.89. The summed E-state index contributed by atoms with van der Waals surface area (Å²) in [5, 5.41) is 3.06. The van der Waals surface area contributed by atoms with Crippen LogP contribution in [-0.2, 0) is 0 Å². The summed E-state index contributed by atoms with van der Waals surface area (Å²) in [4.78, 5) is 12.0. The standard InChI is InChI=1S/C14H16ClFINO/c15-12-4-2-1-3-9(12)8-18-14(19)11-6-5-10(16)7-13(11)17/h5-7,9,12H,1-4,8H2,(H,18,19). The van der Waals surface area contributed by atoms with Crippen LogP contribution in [-0.4, -0.2) is 17.8 Å². The first-order valence-electron chi connectivity index (χ1n) is 6.45. The number of amides is 1. The second kappa shape index (κ2) is 6.88. The van der Waals surface area contributed by atoms with Gasteiger partial charge in [0.2, 0.25) is 0 Å². The van der Waals surface area contributed by atoms with Gasteiger partial charge in [-0.2, -0.15) is 0 Å². The Hall–Kier alpha value is -0.360. The molecular weight excluding hydrogens is 380 g/mol. The van der Waals surface area contributed by atoms with Crippen molar-refractivity contribution in [2.45, 2.75) is 31.1 Å². The smallest absolute Gasteiger partial charge is 0.252 e. The number of carbonyl (C=O) groups excluding carboxylic acids is 1. The van der Waals surface area contributed by atoms with Crippen LogP contribution in [0.15, 0.2) is 18.2 Å². The fraction of sp³-hybridized carbons (Fsp3) is 0.500. The van der Waals surface area contributed by atoms with Gasteiger partial charge in [-0.1, -0.05) is 12.8 Å². The van der Waals surface area contributed by atoms with Crippen LogP contribution >= 0.6 is 34.2 Å². The maximum atomic E-state index is 13.0. The van der Waals surface area contributed by atoms with E-state index >= 15 is 0 Å². The summed E-state index contributed by atoms with van der Waals surface area (Å²) in [7, 11) is 0. The van der Waals surface area contributed by atoms with Gasteiger partial charge in [-0.15, -0.1) is 11.6 Å². The zero-order chi connectivity index (χ0) is 13.8. The van der Waals surface area contributed by atoms with Crippen molar-refractivity contribution in [1.29, 1.82) is 0 Å². The summed E-state index contributed by atoms with van der Waals surface area (Å²) in [5.74, 6) is -0.134. The molecule has 1 amide bonds. The minimum absolute atomic E-state index is 0.154. The summed E-state index contributed by atoms with van der Waals surface area (Å²) in [6.07, 6.45) is 4.44. The molecule has 0 heterocycles. The van der Waals surface area contributed by atoms with Gasteiger partial charge in [0.05, 0.1) is 5.56 Å². The van der Waals surface area contributed by atoms with E-state index in [2.05, 4.69) is 5.32 Å². The fourth-order valence-corrected chi connectivity index (χ4v) is 3.48. The van der Waals surface area contributed by atoms with Crippen molar-refractivity contribution in [1.82, 2.24) is 5.32 Å². The summed E-state index contributed by atoms with van der Waals surface area (Å²) < 4.78 is 13.6. The van der Waals surface area contributed by atoms with Crippen molar-refractivity contribution in [3.63, 3.8) is 0 Å². The van der Waals surface area contributed by atoms with Crippen LogP contribution in [0.4, 0.5) is 4.39 Å². The Labute approximate surface area is 131 Å². The minimum Gasteiger partial charge on any atom is -0.352 e. The molecule has 1 N–H and O–H groups in total. The van der Waals surface area contributed by atoms with Crippen molar-refractivity contribution in [3.05, 3.63) is 33.1 Å². The molecule has 1 aromatic rings. The van der Waals surface area contributed by atoms with Crippen molar-refractivity contribution >= 4 is 40.1 Å². The van der Waals surface area contributed by atoms with Crippen LogP contribution in [0, 0.1) is 15.3 Å². The Morgan fingerprint density at radius 3 is 2.84 bits per heavy atom. The summed E-state index contributed by atoms with van der Waals surface area (Å²) in [6.45, 7) is 0.598. The number of nitrogens with one attached hydrogen (secondary N) is 1. The number of carbonyl (C=O) groups is 1. The molecule has 2 nitrogen and oxygen atoms in total. The molecule has 1 fully saturated rings. The molecule has 2 atom stereocenters. The third-order valence-corrected chi connectivity index (χ3v) is 4.98.